The summed E-state index contributed by atoms with van der Waals surface area (Å²) in [6.07, 6.45) is 0. The molecule has 0 unspecified atom stereocenters. The van der Waals surface area contributed by atoms with E-state index in [1.54, 1.807) is 11.3 Å². The zero-order valence-corrected chi connectivity index (χ0v) is 17.3. The number of carbonyl (C=O) groups excluding carboxylic acids is 1. The molecule has 152 valence electrons. The van der Waals surface area contributed by atoms with Crippen LogP contribution in [0.4, 0.5) is 4.39 Å². The summed E-state index contributed by atoms with van der Waals surface area (Å²) in [5.74, 6) is -0.156. The fourth-order valence-electron chi connectivity index (χ4n) is 3.91. The SMILES string of the molecule is O=C(c1cc2sc(-c3ccccc3)cc2[nH]1)N1CCN(Cc2ccc(F)cc2)CC1. The highest BCUT2D eigenvalue weighted by molar-refractivity contribution is 7.22. The number of aromatic nitrogens is 1. The number of rotatable bonds is 4. The van der Waals surface area contributed by atoms with Gasteiger partial charge in [0.15, 0.2) is 0 Å². The van der Waals surface area contributed by atoms with Gasteiger partial charge in [0.1, 0.15) is 11.5 Å². The van der Waals surface area contributed by atoms with Gasteiger partial charge >= 0.3 is 0 Å². The van der Waals surface area contributed by atoms with Crippen LogP contribution in [0.25, 0.3) is 20.7 Å². The summed E-state index contributed by atoms with van der Waals surface area (Å²) >= 11 is 1.70. The van der Waals surface area contributed by atoms with Crippen molar-refractivity contribution in [1.82, 2.24) is 14.8 Å². The van der Waals surface area contributed by atoms with Gasteiger partial charge in [-0.25, -0.2) is 4.39 Å². The van der Waals surface area contributed by atoms with Gasteiger partial charge in [0.2, 0.25) is 0 Å². The van der Waals surface area contributed by atoms with E-state index in [1.165, 1.54) is 22.6 Å². The summed E-state index contributed by atoms with van der Waals surface area (Å²) in [7, 11) is 0. The molecule has 1 N–H and O–H groups in total. The van der Waals surface area contributed by atoms with Crippen LogP contribution >= 0.6 is 11.3 Å². The minimum atomic E-state index is -0.212. The summed E-state index contributed by atoms with van der Waals surface area (Å²) in [4.78, 5) is 21.7. The van der Waals surface area contributed by atoms with Gasteiger partial charge < -0.3 is 9.88 Å². The molecule has 5 rings (SSSR count). The molecule has 1 aliphatic rings. The van der Waals surface area contributed by atoms with E-state index in [1.807, 2.05) is 41.3 Å². The molecule has 0 aliphatic carbocycles. The van der Waals surface area contributed by atoms with E-state index in [0.29, 0.717) is 18.8 Å². The average Bonchev–Trinajstić information content (AvgIpc) is 3.36. The lowest BCUT2D eigenvalue weighted by atomic mass is 10.2. The van der Waals surface area contributed by atoms with Crippen molar-refractivity contribution in [2.24, 2.45) is 0 Å². The third-order valence-corrected chi connectivity index (χ3v) is 6.70. The van der Waals surface area contributed by atoms with Gasteiger partial charge in [-0.05, 0) is 35.4 Å². The Balaban J connectivity index is 1.22. The van der Waals surface area contributed by atoms with Crippen LogP contribution in [-0.2, 0) is 6.54 Å². The number of fused-ring (bicyclic) bond motifs is 1. The maximum atomic E-state index is 13.1. The Morgan fingerprint density at radius 2 is 1.70 bits per heavy atom. The molecule has 3 heterocycles. The first-order chi connectivity index (χ1) is 14.7. The van der Waals surface area contributed by atoms with E-state index in [0.717, 1.165) is 35.4 Å². The smallest absolute Gasteiger partial charge is 0.270 e. The van der Waals surface area contributed by atoms with Crippen molar-refractivity contribution in [2.75, 3.05) is 26.2 Å². The van der Waals surface area contributed by atoms with E-state index in [2.05, 4.69) is 28.1 Å². The van der Waals surface area contributed by atoms with Gasteiger partial charge in [-0.15, -0.1) is 11.3 Å². The zero-order chi connectivity index (χ0) is 20.5. The Morgan fingerprint density at radius 3 is 2.40 bits per heavy atom. The fourth-order valence-corrected chi connectivity index (χ4v) is 4.97. The average molecular weight is 420 g/mol. The van der Waals surface area contributed by atoms with Gasteiger partial charge in [-0.2, -0.15) is 0 Å². The predicted molar refractivity (Wildman–Crippen MR) is 119 cm³/mol. The molecule has 0 saturated carbocycles. The highest BCUT2D eigenvalue weighted by atomic mass is 32.1. The van der Waals surface area contributed by atoms with Crippen LogP contribution in [0.3, 0.4) is 0 Å². The number of thiophene rings is 1. The summed E-state index contributed by atoms with van der Waals surface area (Å²) in [5.41, 5.74) is 3.95. The molecular formula is C24H22FN3OS. The van der Waals surface area contributed by atoms with Crippen LogP contribution in [0, 0.1) is 5.82 Å². The standard InChI is InChI=1S/C24H22FN3OS/c25-19-8-6-17(7-9-19)16-27-10-12-28(13-11-27)24(29)21-15-23-20(26-21)14-22(30-23)18-4-2-1-3-5-18/h1-9,14-15,26H,10-13,16H2. The van der Waals surface area contributed by atoms with Crippen molar-refractivity contribution in [3.8, 4) is 10.4 Å². The maximum Gasteiger partial charge on any atom is 0.270 e. The molecule has 1 amide bonds. The topological polar surface area (TPSA) is 39.3 Å². The quantitative estimate of drug-likeness (QED) is 0.506. The van der Waals surface area contributed by atoms with Crippen LogP contribution in [0.15, 0.2) is 66.7 Å². The number of amides is 1. The minimum Gasteiger partial charge on any atom is -0.350 e. The summed E-state index contributed by atoms with van der Waals surface area (Å²) in [6.45, 7) is 3.80. The van der Waals surface area contributed by atoms with E-state index in [9.17, 15) is 9.18 Å². The molecule has 1 saturated heterocycles. The molecule has 2 aromatic heterocycles. The van der Waals surface area contributed by atoms with Crippen molar-refractivity contribution < 1.29 is 9.18 Å². The highest BCUT2D eigenvalue weighted by Gasteiger charge is 2.23. The number of nitrogens with one attached hydrogen (secondary N) is 1. The predicted octanol–water partition coefficient (Wildman–Crippen LogP) is 4.99. The Bertz CT molecular complexity index is 1130. The molecule has 2 aromatic carbocycles. The number of piperazine rings is 1. The lowest BCUT2D eigenvalue weighted by Crippen LogP contribution is -2.48. The van der Waals surface area contributed by atoms with Gasteiger partial charge in [0, 0.05) is 37.6 Å². The molecule has 0 spiro atoms. The normalized spacial score (nSPS) is 15.0. The van der Waals surface area contributed by atoms with Gasteiger partial charge in [0.25, 0.3) is 5.91 Å². The maximum absolute atomic E-state index is 13.1. The molecule has 6 heteroatoms. The minimum absolute atomic E-state index is 0.0566. The number of nitrogens with zero attached hydrogens (tertiary/aromatic N) is 2. The molecule has 0 radical (unpaired) electrons. The van der Waals surface area contributed by atoms with Crippen LogP contribution in [0.1, 0.15) is 16.1 Å². The zero-order valence-electron chi connectivity index (χ0n) is 16.5. The lowest BCUT2D eigenvalue weighted by Gasteiger charge is -2.34. The number of benzene rings is 2. The van der Waals surface area contributed by atoms with Crippen molar-refractivity contribution in [1.29, 1.82) is 0 Å². The fraction of sp³-hybridized carbons (Fsp3) is 0.208. The Morgan fingerprint density at radius 1 is 0.967 bits per heavy atom. The van der Waals surface area contributed by atoms with Crippen LogP contribution in [-0.4, -0.2) is 46.9 Å². The molecule has 1 aliphatic heterocycles. The van der Waals surface area contributed by atoms with E-state index in [4.69, 9.17) is 0 Å². The first-order valence-corrected chi connectivity index (χ1v) is 10.9. The molecule has 0 atom stereocenters. The molecule has 1 fully saturated rings. The van der Waals surface area contributed by atoms with Gasteiger partial charge in [-0.3, -0.25) is 9.69 Å². The van der Waals surface area contributed by atoms with Crippen molar-refractivity contribution in [2.45, 2.75) is 6.54 Å². The Kier molecular flexibility index (Phi) is 5.11. The molecule has 4 nitrogen and oxygen atoms in total. The van der Waals surface area contributed by atoms with Crippen molar-refractivity contribution in [3.63, 3.8) is 0 Å². The molecule has 0 bridgehead atoms. The molecule has 30 heavy (non-hydrogen) atoms. The number of H-pyrrole nitrogens is 1. The Labute approximate surface area is 178 Å². The second kappa shape index (κ2) is 8.05. The first kappa shape index (κ1) is 19.0. The third kappa shape index (κ3) is 3.88. The van der Waals surface area contributed by atoms with Crippen molar-refractivity contribution >= 4 is 27.5 Å². The van der Waals surface area contributed by atoms with Crippen LogP contribution in [0.5, 0.6) is 0 Å². The third-order valence-electron chi connectivity index (χ3n) is 5.57. The summed E-state index contributed by atoms with van der Waals surface area (Å²) in [5, 5.41) is 0. The van der Waals surface area contributed by atoms with Gasteiger partial charge in [0.05, 0.1) is 10.2 Å². The lowest BCUT2D eigenvalue weighted by molar-refractivity contribution is 0.0623. The summed E-state index contributed by atoms with van der Waals surface area (Å²) in [6, 6.07) is 21.0. The number of aromatic amines is 1. The molecule has 4 aromatic rings. The number of halogens is 1. The van der Waals surface area contributed by atoms with Crippen LogP contribution < -0.4 is 0 Å². The van der Waals surface area contributed by atoms with Crippen molar-refractivity contribution in [3.05, 3.63) is 83.8 Å². The van der Waals surface area contributed by atoms with Gasteiger partial charge in [-0.1, -0.05) is 42.5 Å². The molecular weight excluding hydrogens is 397 g/mol. The first-order valence-electron chi connectivity index (χ1n) is 10.1. The van der Waals surface area contributed by atoms with E-state index in [-0.39, 0.29) is 11.7 Å². The Hall–Kier alpha value is -2.96. The second-order valence-corrected chi connectivity index (χ2v) is 8.72. The number of hydrogen-bond acceptors (Lipinski definition) is 3. The number of hydrogen-bond donors (Lipinski definition) is 1. The highest BCUT2D eigenvalue weighted by Crippen LogP contribution is 2.34. The van der Waals surface area contributed by atoms with Crippen LogP contribution in [0.2, 0.25) is 0 Å². The second-order valence-electron chi connectivity index (χ2n) is 7.63. The largest absolute Gasteiger partial charge is 0.350 e. The monoisotopic (exact) mass is 419 g/mol. The summed E-state index contributed by atoms with van der Waals surface area (Å²) < 4.78 is 14.2. The van der Waals surface area contributed by atoms with E-state index >= 15 is 0 Å². The van der Waals surface area contributed by atoms with E-state index < -0.39 is 0 Å². The number of carbonyl (C=O) groups is 1.